The fourth-order valence-corrected chi connectivity index (χ4v) is 6.80. The molecule has 0 radical (unpaired) electrons. The summed E-state index contributed by atoms with van der Waals surface area (Å²) in [7, 11) is -2.08. The Labute approximate surface area is 199 Å². The highest BCUT2D eigenvalue weighted by Crippen LogP contribution is 2.50. The molecule has 182 valence electrons. The van der Waals surface area contributed by atoms with Crippen LogP contribution in [-0.2, 0) is 16.4 Å². The molecule has 1 aliphatic carbocycles. The lowest BCUT2D eigenvalue weighted by Gasteiger charge is -2.46. The molecule has 1 saturated carbocycles. The molecule has 5 rings (SSSR count). The van der Waals surface area contributed by atoms with E-state index in [1.807, 2.05) is 0 Å². The van der Waals surface area contributed by atoms with E-state index < -0.39 is 22.6 Å². The first-order valence-electron chi connectivity index (χ1n) is 10.9. The van der Waals surface area contributed by atoms with Crippen LogP contribution in [0.25, 0.3) is 10.2 Å². The smallest absolute Gasteiger partial charge is 0.382 e. The Morgan fingerprint density at radius 2 is 1.94 bits per heavy atom. The number of benzene rings is 1. The van der Waals surface area contributed by atoms with Crippen molar-refractivity contribution in [3.05, 3.63) is 41.5 Å². The van der Waals surface area contributed by atoms with Crippen LogP contribution in [0.5, 0.6) is 0 Å². The van der Waals surface area contributed by atoms with Crippen LogP contribution in [0.3, 0.4) is 0 Å². The maximum Gasteiger partial charge on any atom is 0.393 e. The van der Waals surface area contributed by atoms with Crippen molar-refractivity contribution in [1.82, 2.24) is 14.7 Å². The van der Waals surface area contributed by atoms with Crippen LogP contribution in [0.4, 0.5) is 24.7 Å². The SMILES string of the molecule is CNS(=O)(=O)c1ccc(NC2CC3(CCN(c4ncnc5sc(CC(F)(F)F)cc45)C3)C2)cc1. The molecule has 1 spiro atoms. The van der Waals surface area contributed by atoms with Crippen molar-refractivity contribution in [2.24, 2.45) is 5.41 Å². The fourth-order valence-electron chi connectivity index (χ4n) is 5.05. The molecule has 7 nitrogen and oxygen atoms in total. The number of anilines is 2. The molecule has 3 heterocycles. The normalized spacial score (nSPS) is 22.9. The van der Waals surface area contributed by atoms with E-state index in [0.29, 0.717) is 16.0 Å². The van der Waals surface area contributed by atoms with Gasteiger partial charge in [-0.25, -0.2) is 23.1 Å². The highest BCUT2D eigenvalue weighted by molar-refractivity contribution is 7.89. The van der Waals surface area contributed by atoms with Crippen molar-refractivity contribution >= 4 is 43.1 Å². The van der Waals surface area contributed by atoms with E-state index in [-0.39, 0.29) is 21.2 Å². The number of nitrogens with one attached hydrogen (secondary N) is 2. The van der Waals surface area contributed by atoms with E-state index in [2.05, 4.69) is 24.9 Å². The van der Waals surface area contributed by atoms with Crippen LogP contribution in [0.15, 0.2) is 41.6 Å². The molecular formula is C22H24F3N5O2S2. The van der Waals surface area contributed by atoms with Gasteiger partial charge in [0.15, 0.2) is 0 Å². The van der Waals surface area contributed by atoms with Crippen LogP contribution >= 0.6 is 11.3 Å². The van der Waals surface area contributed by atoms with Gasteiger partial charge in [0.05, 0.1) is 16.7 Å². The minimum atomic E-state index is -4.25. The minimum absolute atomic E-state index is 0.148. The van der Waals surface area contributed by atoms with E-state index in [1.165, 1.54) is 13.4 Å². The van der Waals surface area contributed by atoms with Gasteiger partial charge in [0, 0.05) is 29.7 Å². The summed E-state index contributed by atoms with van der Waals surface area (Å²) < 4.78 is 64.5. The number of hydrogen-bond acceptors (Lipinski definition) is 7. The first-order chi connectivity index (χ1) is 16.1. The molecule has 1 saturated heterocycles. The van der Waals surface area contributed by atoms with Gasteiger partial charge in [-0.15, -0.1) is 11.3 Å². The molecule has 34 heavy (non-hydrogen) atoms. The number of nitrogens with zero attached hydrogens (tertiary/aromatic N) is 3. The monoisotopic (exact) mass is 511 g/mol. The summed E-state index contributed by atoms with van der Waals surface area (Å²) in [5.41, 5.74) is 1.02. The summed E-state index contributed by atoms with van der Waals surface area (Å²) in [4.78, 5) is 11.8. The molecule has 3 aromatic rings. The van der Waals surface area contributed by atoms with Gasteiger partial charge in [0.2, 0.25) is 10.0 Å². The molecule has 0 bridgehead atoms. The molecule has 2 fully saturated rings. The van der Waals surface area contributed by atoms with E-state index in [1.54, 1.807) is 30.3 Å². The lowest BCUT2D eigenvalue weighted by molar-refractivity contribution is -0.126. The summed E-state index contributed by atoms with van der Waals surface area (Å²) in [6.07, 6.45) is -0.835. The number of thiophene rings is 1. The zero-order valence-electron chi connectivity index (χ0n) is 18.4. The van der Waals surface area contributed by atoms with Crippen LogP contribution in [0.1, 0.15) is 24.1 Å². The summed E-state index contributed by atoms with van der Waals surface area (Å²) in [6.45, 7) is 1.61. The van der Waals surface area contributed by atoms with Crippen molar-refractivity contribution < 1.29 is 21.6 Å². The third kappa shape index (κ3) is 4.58. The van der Waals surface area contributed by atoms with Gasteiger partial charge < -0.3 is 10.2 Å². The number of rotatable bonds is 6. The van der Waals surface area contributed by atoms with Crippen molar-refractivity contribution in [3.8, 4) is 0 Å². The molecule has 0 amide bonds. The quantitative estimate of drug-likeness (QED) is 0.517. The van der Waals surface area contributed by atoms with E-state index in [4.69, 9.17) is 0 Å². The van der Waals surface area contributed by atoms with Crippen LogP contribution in [0.2, 0.25) is 0 Å². The van der Waals surface area contributed by atoms with Crippen LogP contribution in [-0.4, -0.2) is 50.7 Å². The first-order valence-corrected chi connectivity index (χ1v) is 13.2. The predicted molar refractivity (Wildman–Crippen MR) is 126 cm³/mol. The number of hydrogen-bond donors (Lipinski definition) is 2. The molecule has 12 heteroatoms. The van der Waals surface area contributed by atoms with E-state index >= 15 is 0 Å². The van der Waals surface area contributed by atoms with Gasteiger partial charge >= 0.3 is 6.18 Å². The molecule has 2 N–H and O–H groups in total. The predicted octanol–water partition coefficient (Wildman–Crippen LogP) is 4.18. The second-order valence-electron chi connectivity index (χ2n) is 9.07. The lowest BCUT2D eigenvalue weighted by Crippen LogP contribution is -2.46. The summed E-state index contributed by atoms with van der Waals surface area (Å²) in [5, 5.41) is 4.16. The van der Waals surface area contributed by atoms with Crippen LogP contribution in [0, 0.1) is 5.41 Å². The summed E-state index contributed by atoms with van der Waals surface area (Å²) in [5.74, 6) is 0.712. The number of sulfonamides is 1. The Balaban J connectivity index is 1.23. The molecule has 2 aromatic heterocycles. The summed E-state index contributed by atoms with van der Waals surface area (Å²) >= 11 is 1.07. The fraction of sp³-hybridized carbons (Fsp3) is 0.455. The maximum atomic E-state index is 12.8. The largest absolute Gasteiger partial charge is 0.393 e. The third-order valence-corrected chi connectivity index (χ3v) is 9.11. The first kappa shape index (κ1) is 23.3. The molecular weight excluding hydrogens is 487 g/mol. The van der Waals surface area contributed by atoms with Gasteiger partial charge in [-0.1, -0.05) is 0 Å². The molecule has 1 aliphatic heterocycles. The van der Waals surface area contributed by atoms with Crippen molar-refractivity contribution in [3.63, 3.8) is 0 Å². The number of alkyl halides is 3. The Morgan fingerprint density at radius 3 is 2.62 bits per heavy atom. The minimum Gasteiger partial charge on any atom is -0.382 e. The Morgan fingerprint density at radius 1 is 1.21 bits per heavy atom. The Kier molecular flexibility index (Phi) is 5.72. The Bertz CT molecular complexity index is 1300. The standard InChI is InChI=1S/C22H24F3N5O2S2/c1-26-34(31,32)17-4-2-14(3-5-17)29-15-9-21(10-15)6-7-30(12-21)19-18-8-16(11-22(23,24)25)33-20(18)28-13-27-19/h2-5,8,13,15,26,29H,6-7,9-12H2,1H3. The third-order valence-electron chi connectivity index (χ3n) is 6.63. The second-order valence-corrected chi connectivity index (χ2v) is 12.1. The van der Waals surface area contributed by atoms with Crippen molar-refractivity contribution in [2.75, 3.05) is 30.4 Å². The average molecular weight is 512 g/mol. The highest BCUT2D eigenvalue weighted by Gasteiger charge is 2.49. The second kappa shape index (κ2) is 8.35. The van der Waals surface area contributed by atoms with E-state index in [9.17, 15) is 21.6 Å². The van der Waals surface area contributed by atoms with Gasteiger partial charge in [0.1, 0.15) is 17.0 Å². The van der Waals surface area contributed by atoms with Gasteiger partial charge in [-0.2, -0.15) is 13.2 Å². The van der Waals surface area contributed by atoms with Crippen LogP contribution < -0.4 is 14.9 Å². The lowest BCUT2D eigenvalue weighted by atomic mass is 9.65. The number of fused-ring (bicyclic) bond motifs is 1. The van der Waals surface area contributed by atoms with E-state index in [0.717, 1.165) is 49.4 Å². The Hall–Kier alpha value is -2.44. The van der Waals surface area contributed by atoms with Gasteiger partial charge in [-0.05, 0) is 62.1 Å². The highest BCUT2D eigenvalue weighted by atomic mass is 32.2. The average Bonchev–Trinajstić information content (AvgIpc) is 3.36. The van der Waals surface area contributed by atoms with Gasteiger partial charge in [-0.3, -0.25) is 0 Å². The van der Waals surface area contributed by atoms with Gasteiger partial charge in [0.25, 0.3) is 0 Å². The maximum absolute atomic E-state index is 12.8. The van der Waals surface area contributed by atoms with Crippen molar-refractivity contribution in [2.45, 2.75) is 42.8 Å². The topological polar surface area (TPSA) is 87.2 Å². The van der Waals surface area contributed by atoms with Crippen molar-refractivity contribution in [1.29, 1.82) is 0 Å². The number of aromatic nitrogens is 2. The molecule has 1 aromatic carbocycles. The number of halogens is 3. The molecule has 2 aliphatic rings. The molecule has 0 atom stereocenters. The zero-order valence-corrected chi connectivity index (χ0v) is 20.0. The summed E-state index contributed by atoms with van der Waals surface area (Å²) in [6, 6.07) is 8.56. The molecule has 0 unspecified atom stereocenters. The zero-order chi connectivity index (χ0) is 24.1.